The van der Waals surface area contributed by atoms with Crippen molar-refractivity contribution in [3.63, 3.8) is 0 Å². The largest absolute Gasteiger partial charge is 0.468 e. The van der Waals surface area contributed by atoms with E-state index in [4.69, 9.17) is 4.42 Å². The molecule has 0 bridgehead atoms. The van der Waals surface area contributed by atoms with E-state index in [2.05, 4.69) is 37.9 Å². The van der Waals surface area contributed by atoms with E-state index in [1.165, 1.54) is 12.8 Å². The van der Waals surface area contributed by atoms with Crippen LogP contribution in [0.5, 0.6) is 0 Å². The molecule has 0 radical (unpaired) electrons. The van der Waals surface area contributed by atoms with Crippen molar-refractivity contribution >= 4 is 0 Å². The highest BCUT2D eigenvalue weighted by atomic mass is 16.3. The maximum absolute atomic E-state index is 5.42. The highest BCUT2D eigenvalue weighted by Crippen LogP contribution is 2.08. The third-order valence-corrected chi connectivity index (χ3v) is 3.45. The van der Waals surface area contributed by atoms with E-state index < -0.39 is 0 Å². The number of rotatable bonds is 9. The second-order valence-corrected chi connectivity index (χ2v) is 5.09. The van der Waals surface area contributed by atoms with Crippen LogP contribution in [0.1, 0.15) is 46.3 Å². The van der Waals surface area contributed by atoms with Gasteiger partial charge in [-0.2, -0.15) is 0 Å². The number of nitrogens with one attached hydrogen (secondary N) is 1. The van der Waals surface area contributed by atoms with Gasteiger partial charge >= 0.3 is 0 Å². The number of hydrogen-bond acceptors (Lipinski definition) is 3. The molecular formula is C15H28N2O. The summed E-state index contributed by atoms with van der Waals surface area (Å²) in [6.07, 6.45) is 4.23. The zero-order valence-electron chi connectivity index (χ0n) is 12.3. The first kappa shape index (κ1) is 15.3. The molecule has 0 saturated heterocycles. The van der Waals surface area contributed by atoms with Crippen molar-refractivity contribution < 1.29 is 4.42 Å². The topological polar surface area (TPSA) is 28.4 Å². The van der Waals surface area contributed by atoms with Crippen molar-refractivity contribution in [3.8, 4) is 0 Å². The Balaban J connectivity index is 2.35. The lowest BCUT2D eigenvalue weighted by Crippen LogP contribution is -2.42. The molecule has 1 aromatic heterocycles. The van der Waals surface area contributed by atoms with Gasteiger partial charge in [-0.3, -0.25) is 4.90 Å². The van der Waals surface area contributed by atoms with Gasteiger partial charge in [0, 0.05) is 18.6 Å². The normalized spacial score (nSPS) is 14.9. The van der Waals surface area contributed by atoms with E-state index in [0.717, 1.165) is 25.4 Å². The SMILES string of the molecule is CCCC(C)NCC(C)N(CC)Cc1ccco1. The molecule has 1 rings (SSSR count). The lowest BCUT2D eigenvalue weighted by atomic mass is 10.2. The van der Waals surface area contributed by atoms with Crippen LogP contribution in [-0.2, 0) is 6.54 Å². The number of hydrogen-bond donors (Lipinski definition) is 1. The van der Waals surface area contributed by atoms with Crippen molar-refractivity contribution in [3.05, 3.63) is 24.2 Å². The molecule has 2 unspecified atom stereocenters. The van der Waals surface area contributed by atoms with Crippen LogP contribution in [0.4, 0.5) is 0 Å². The summed E-state index contributed by atoms with van der Waals surface area (Å²) in [6, 6.07) is 5.14. The monoisotopic (exact) mass is 252 g/mol. The Kier molecular flexibility index (Phi) is 7.06. The lowest BCUT2D eigenvalue weighted by molar-refractivity contribution is 0.187. The maximum atomic E-state index is 5.42. The Bertz CT molecular complexity index is 297. The van der Waals surface area contributed by atoms with E-state index in [0.29, 0.717) is 12.1 Å². The molecular weight excluding hydrogens is 224 g/mol. The molecule has 104 valence electrons. The molecule has 0 aliphatic heterocycles. The molecule has 2 atom stereocenters. The molecule has 1 aromatic rings. The Morgan fingerprint density at radius 1 is 1.33 bits per heavy atom. The molecule has 3 heteroatoms. The van der Waals surface area contributed by atoms with E-state index in [1.54, 1.807) is 6.26 Å². The van der Waals surface area contributed by atoms with Crippen LogP contribution >= 0.6 is 0 Å². The van der Waals surface area contributed by atoms with Gasteiger partial charge in [-0.05, 0) is 38.9 Å². The van der Waals surface area contributed by atoms with Gasteiger partial charge in [-0.15, -0.1) is 0 Å². The number of nitrogens with zero attached hydrogens (tertiary/aromatic N) is 1. The Morgan fingerprint density at radius 3 is 2.67 bits per heavy atom. The van der Waals surface area contributed by atoms with Crippen LogP contribution in [0.15, 0.2) is 22.8 Å². The molecule has 3 nitrogen and oxygen atoms in total. The van der Waals surface area contributed by atoms with Gasteiger partial charge in [0.2, 0.25) is 0 Å². The van der Waals surface area contributed by atoms with Crippen molar-refractivity contribution in [2.75, 3.05) is 13.1 Å². The Morgan fingerprint density at radius 2 is 2.11 bits per heavy atom. The first-order valence-corrected chi connectivity index (χ1v) is 7.17. The highest BCUT2D eigenvalue weighted by molar-refractivity contribution is 4.98. The van der Waals surface area contributed by atoms with E-state index >= 15 is 0 Å². The summed E-state index contributed by atoms with van der Waals surface area (Å²) in [4.78, 5) is 2.44. The first-order valence-electron chi connectivity index (χ1n) is 7.17. The predicted molar refractivity (Wildman–Crippen MR) is 76.6 cm³/mol. The average molecular weight is 252 g/mol. The minimum absolute atomic E-state index is 0.527. The molecule has 0 aromatic carbocycles. The molecule has 0 amide bonds. The Hall–Kier alpha value is -0.800. The maximum Gasteiger partial charge on any atom is 0.117 e. The summed E-state index contributed by atoms with van der Waals surface area (Å²) in [5, 5.41) is 3.61. The van der Waals surface area contributed by atoms with Gasteiger partial charge in [0.1, 0.15) is 5.76 Å². The summed E-state index contributed by atoms with van der Waals surface area (Å²) in [6.45, 7) is 12.0. The number of likely N-dealkylation sites (N-methyl/N-ethyl adjacent to an activating group) is 1. The quantitative estimate of drug-likeness (QED) is 0.731. The van der Waals surface area contributed by atoms with Crippen molar-refractivity contribution in [2.45, 2.75) is 59.2 Å². The van der Waals surface area contributed by atoms with Crippen molar-refractivity contribution in [1.29, 1.82) is 0 Å². The summed E-state index contributed by atoms with van der Waals surface area (Å²) in [7, 11) is 0. The third kappa shape index (κ3) is 5.23. The average Bonchev–Trinajstić information content (AvgIpc) is 2.86. The lowest BCUT2D eigenvalue weighted by Gasteiger charge is -2.28. The van der Waals surface area contributed by atoms with Crippen LogP contribution in [0.2, 0.25) is 0 Å². The fraction of sp³-hybridized carbons (Fsp3) is 0.733. The first-order chi connectivity index (χ1) is 8.67. The van der Waals surface area contributed by atoms with Crippen LogP contribution in [0.3, 0.4) is 0 Å². The van der Waals surface area contributed by atoms with Gasteiger partial charge in [0.05, 0.1) is 12.8 Å². The van der Waals surface area contributed by atoms with E-state index in [1.807, 2.05) is 12.1 Å². The summed E-state index contributed by atoms with van der Waals surface area (Å²) < 4.78 is 5.42. The van der Waals surface area contributed by atoms with E-state index in [9.17, 15) is 0 Å². The van der Waals surface area contributed by atoms with Crippen LogP contribution in [0, 0.1) is 0 Å². The van der Waals surface area contributed by atoms with Gasteiger partial charge < -0.3 is 9.73 Å². The minimum Gasteiger partial charge on any atom is -0.468 e. The third-order valence-electron chi connectivity index (χ3n) is 3.45. The molecule has 0 aliphatic carbocycles. The number of furan rings is 1. The van der Waals surface area contributed by atoms with Gasteiger partial charge in [0.15, 0.2) is 0 Å². The standard InChI is InChI=1S/C15H28N2O/c1-5-8-13(3)16-11-14(4)17(6-2)12-15-9-7-10-18-15/h7,9-10,13-14,16H,5-6,8,11-12H2,1-4H3. The van der Waals surface area contributed by atoms with Gasteiger partial charge in [-0.25, -0.2) is 0 Å². The van der Waals surface area contributed by atoms with Gasteiger partial charge in [0.25, 0.3) is 0 Å². The fourth-order valence-electron chi connectivity index (χ4n) is 2.22. The molecule has 0 saturated carbocycles. The van der Waals surface area contributed by atoms with E-state index in [-0.39, 0.29) is 0 Å². The minimum atomic E-state index is 0.527. The predicted octanol–water partition coefficient (Wildman–Crippen LogP) is 3.27. The molecule has 1 N–H and O–H groups in total. The van der Waals surface area contributed by atoms with Crippen LogP contribution < -0.4 is 5.32 Å². The smallest absolute Gasteiger partial charge is 0.117 e. The summed E-state index contributed by atoms with van der Waals surface area (Å²) >= 11 is 0. The molecule has 1 heterocycles. The van der Waals surface area contributed by atoms with Gasteiger partial charge in [-0.1, -0.05) is 20.3 Å². The second-order valence-electron chi connectivity index (χ2n) is 5.09. The summed E-state index contributed by atoms with van der Waals surface area (Å²) in [5.74, 6) is 1.05. The zero-order valence-corrected chi connectivity index (χ0v) is 12.3. The summed E-state index contributed by atoms with van der Waals surface area (Å²) in [5.41, 5.74) is 0. The van der Waals surface area contributed by atoms with Crippen molar-refractivity contribution in [2.24, 2.45) is 0 Å². The molecule has 0 aliphatic rings. The molecule has 0 fully saturated rings. The Labute approximate surface area is 112 Å². The molecule has 0 spiro atoms. The second kappa shape index (κ2) is 8.33. The van der Waals surface area contributed by atoms with Crippen molar-refractivity contribution in [1.82, 2.24) is 10.2 Å². The van der Waals surface area contributed by atoms with Crippen LogP contribution in [-0.4, -0.2) is 30.1 Å². The zero-order chi connectivity index (χ0) is 13.4. The highest BCUT2D eigenvalue weighted by Gasteiger charge is 2.14. The molecule has 18 heavy (non-hydrogen) atoms. The fourth-order valence-corrected chi connectivity index (χ4v) is 2.22. The van der Waals surface area contributed by atoms with Crippen LogP contribution in [0.25, 0.3) is 0 Å².